The normalized spacial score (nSPS) is 23.0. The van der Waals surface area contributed by atoms with E-state index in [2.05, 4.69) is 25.1 Å². The molecule has 0 aromatic heterocycles. The summed E-state index contributed by atoms with van der Waals surface area (Å²) in [5.41, 5.74) is 2.40. The molecule has 2 aromatic carbocycles. The molecule has 0 amide bonds. The summed E-state index contributed by atoms with van der Waals surface area (Å²) in [6, 6.07) is 14.3. The van der Waals surface area contributed by atoms with Crippen LogP contribution in [0.25, 0.3) is 0 Å². The summed E-state index contributed by atoms with van der Waals surface area (Å²) in [6.07, 6.45) is 0.0481. The minimum atomic E-state index is 0.0481. The smallest absolute Gasteiger partial charge is 0.231 e. The fourth-order valence-corrected chi connectivity index (χ4v) is 2.81. The monoisotopic (exact) mass is 254 g/mol. The molecule has 0 spiro atoms. The quantitative estimate of drug-likeness (QED) is 0.777. The van der Waals surface area contributed by atoms with Crippen LogP contribution < -0.4 is 14.2 Å². The zero-order valence-corrected chi connectivity index (χ0v) is 10.6. The van der Waals surface area contributed by atoms with Gasteiger partial charge < -0.3 is 14.2 Å². The zero-order valence-electron chi connectivity index (χ0n) is 10.6. The Labute approximate surface area is 111 Å². The summed E-state index contributed by atoms with van der Waals surface area (Å²) in [5.74, 6) is 2.95. The molecule has 0 aliphatic carbocycles. The molecule has 0 bridgehead atoms. The van der Waals surface area contributed by atoms with Gasteiger partial charge in [-0.2, -0.15) is 0 Å². The van der Waals surface area contributed by atoms with Gasteiger partial charge in [0.15, 0.2) is 11.5 Å². The molecule has 0 unspecified atom stereocenters. The number of benzene rings is 2. The van der Waals surface area contributed by atoms with Crippen molar-refractivity contribution in [3.8, 4) is 17.2 Å². The van der Waals surface area contributed by atoms with Gasteiger partial charge in [-0.1, -0.05) is 31.2 Å². The Hall–Kier alpha value is -2.16. The third-order valence-corrected chi connectivity index (χ3v) is 3.84. The molecule has 2 heterocycles. The molecule has 2 aromatic rings. The summed E-state index contributed by atoms with van der Waals surface area (Å²) in [5, 5.41) is 0. The zero-order chi connectivity index (χ0) is 12.8. The third kappa shape index (κ3) is 1.58. The van der Waals surface area contributed by atoms with E-state index < -0.39 is 0 Å². The van der Waals surface area contributed by atoms with Crippen molar-refractivity contribution in [2.75, 3.05) is 6.79 Å². The van der Waals surface area contributed by atoms with Gasteiger partial charge in [0.1, 0.15) is 11.9 Å². The number of ether oxygens (including phenoxy) is 3. The molecule has 0 radical (unpaired) electrons. The van der Waals surface area contributed by atoms with E-state index in [1.54, 1.807) is 0 Å². The van der Waals surface area contributed by atoms with Crippen molar-refractivity contribution in [3.05, 3.63) is 53.6 Å². The predicted octanol–water partition coefficient (Wildman–Crippen LogP) is 3.65. The number of hydrogen-bond acceptors (Lipinski definition) is 3. The molecule has 2 aliphatic rings. The molecule has 2 atom stereocenters. The van der Waals surface area contributed by atoms with Gasteiger partial charge in [-0.3, -0.25) is 0 Å². The molecule has 96 valence electrons. The van der Waals surface area contributed by atoms with Crippen molar-refractivity contribution in [3.63, 3.8) is 0 Å². The van der Waals surface area contributed by atoms with Crippen LogP contribution >= 0.6 is 0 Å². The van der Waals surface area contributed by atoms with E-state index in [-0.39, 0.29) is 6.10 Å². The first-order valence-electron chi connectivity index (χ1n) is 6.48. The summed E-state index contributed by atoms with van der Waals surface area (Å²) in [4.78, 5) is 0. The first kappa shape index (κ1) is 10.7. The maximum absolute atomic E-state index is 6.07. The molecule has 0 saturated heterocycles. The van der Waals surface area contributed by atoms with Crippen molar-refractivity contribution in [1.29, 1.82) is 0 Å². The fourth-order valence-electron chi connectivity index (χ4n) is 2.81. The van der Waals surface area contributed by atoms with Crippen molar-refractivity contribution >= 4 is 0 Å². The highest BCUT2D eigenvalue weighted by Gasteiger charge is 2.32. The van der Waals surface area contributed by atoms with Crippen molar-refractivity contribution in [1.82, 2.24) is 0 Å². The minimum Gasteiger partial charge on any atom is -0.485 e. The second-order valence-corrected chi connectivity index (χ2v) is 4.98. The van der Waals surface area contributed by atoms with Gasteiger partial charge in [-0.25, -0.2) is 0 Å². The summed E-state index contributed by atoms with van der Waals surface area (Å²) >= 11 is 0. The molecular weight excluding hydrogens is 240 g/mol. The van der Waals surface area contributed by atoms with E-state index in [9.17, 15) is 0 Å². The van der Waals surface area contributed by atoms with Gasteiger partial charge in [0.2, 0.25) is 6.79 Å². The van der Waals surface area contributed by atoms with E-state index in [1.807, 2.05) is 24.3 Å². The third-order valence-electron chi connectivity index (χ3n) is 3.84. The average Bonchev–Trinajstić information content (AvgIpc) is 3.03. The lowest BCUT2D eigenvalue weighted by molar-refractivity contribution is 0.173. The highest BCUT2D eigenvalue weighted by molar-refractivity contribution is 5.48. The lowest BCUT2D eigenvalue weighted by Gasteiger charge is -2.16. The maximum Gasteiger partial charge on any atom is 0.231 e. The number of rotatable bonds is 1. The van der Waals surface area contributed by atoms with E-state index in [1.165, 1.54) is 5.56 Å². The van der Waals surface area contributed by atoms with Crippen LogP contribution in [0.15, 0.2) is 42.5 Å². The molecule has 3 heteroatoms. The molecular formula is C16H14O3. The average molecular weight is 254 g/mol. The SMILES string of the molecule is C[C@@H]1c2ccccc2O[C@H]1c1ccc2c(c1)OCO2. The Bertz CT molecular complexity index is 636. The Morgan fingerprint density at radius 1 is 0.947 bits per heavy atom. The molecule has 3 nitrogen and oxygen atoms in total. The van der Waals surface area contributed by atoms with Gasteiger partial charge in [-0.15, -0.1) is 0 Å². The van der Waals surface area contributed by atoms with Crippen LogP contribution in [0.2, 0.25) is 0 Å². The number of para-hydroxylation sites is 1. The van der Waals surface area contributed by atoms with Gasteiger partial charge >= 0.3 is 0 Å². The summed E-state index contributed by atoms with van der Waals surface area (Å²) in [7, 11) is 0. The maximum atomic E-state index is 6.07. The topological polar surface area (TPSA) is 27.7 Å². The van der Waals surface area contributed by atoms with E-state index >= 15 is 0 Å². The molecule has 19 heavy (non-hydrogen) atoms. The van der Waals surface area contributed by atoms with Crippen molar-refractivity contribution in [2.45, 2.75) is 18.9 Å². The second kappa shape index (κ2) is 3.92. The standard InChI is InChI=1S/C16H14O3/c1-10-12-4-2-3-5-13(12)19-16(10)11-6-7-14-15(8-11)18-9-17-14/h2-8,10,16H,9H2,1H3/t10-,16-/m1/s1. The number of hydrogen-bond donors (Lipinski definition) is 0. The lowest BCUT2D eigenvalue weighted by atomic mass is 9.93. The van der Waals surface area contributed by atoms with Crippen LogP contribution in [-0.4, -0.2) is 6.79 Å². The largest absolute Gasteiger partial charge is 0.485 e. The lowest BCUT2D eigenvalue weighted by Crippen LogP contribution is -2.07. The molecule has 4 rings (SSSR count). The van der Waals surface area contributed by atoms with Crippen LogP contribution in [-0.2, 0) is 0 Å². The molecule has 0 fully saturated rings. The van der Waals surface area contributed by atoms with Gasteiger partial charge in [-0.05, 0) is 23.8 Å². The van der Waals surface area contributed by atoms with Gasteiger partial charge in [0.05, 0.1) is 0 Å². The van der Waals surface area contributed by atoms with E-state index in [0.29, 0.717) is 12.7 Å². The summed E-state index contributed by atoms with van der Waals surface area (Å²) in [6.45, 7) is 2.50. The van der Waals surface area contributed by atoms with Crippen LogP contribution in [0.5, 0.6) is 17.2 Å². The fraction of sp³-hybridized carbons (Fsp3) is 0.250. The molecule has 2 aliphatic heterocycles. The predicted molar refractivity (Wildman–Crippen MR) is 70.8 cm³/mol. The first-order chi connectivity index (χ1) is 9.33. The Morgan fingerprint density at radius 3 is 2.68 bits per heavy atom. The van der Waals surface area contributed by atoms with Crippen LogP contribution in [0.4, 0.5) is 0 Å². The van der Waals surface area contributed by atoms with E-state index in [4.69, 9.17) is 14.2 Å². The van der Waals surface area contributed by atoms with Crippen LogP contribution in [0.3, 0.4) is 0 Å². The second-order valence-electron chi connectivity index (χ2n) is 4.98. The molecule has 0 N–H and O–H groups in total. The first-order valence-corrected chi connectivity index (χ1v) is 6.48. The highest BCUT2D eigenvalue weighted by Crippen LogP contribution is 2.47. The van der Waals surface area contributed by atoms with Crippen LogP contribution in [0.1, 0.15) is 30.1 Å². The van der Waals surface area contributed by atoms with E-state index in [0.717, 1.165) is 22.8 Å². The Morgan fingerprint density at radius 2 is 1.79 bits per heavy atom. The van der Waals surface area contributed by atoms with Crippen molar-refractivity contribution < 1.29 is 14.2 Å². The summed E-state index contributed by atoms with van der Waals surface area (Å²) < 4.78 is 16.8. The highest BCUT2D eigenvalue weighted by atomic mass is 16.7. The Kier molecular flexibility index (Phi) is 2.21. The molecule has 0 saturated carbocycles. The minimum absolute atomic E-state index is 0.0481. The van der Waals surface area contributed by atoms with Crippen molar-refractivity contribution in [2.24, 2.45) is 0 Å². The van der Waals surface area contributed by atoms with Gasteiger partial charge in [0, 0.05) is 11.5 Å². The Balaban J connectivity index is 1.72. The van der Waals surface area contributed by atoms with Crippen LogP contribution in [0, 0.1) is 0 Å². The number of fused-ring (bicyclic) bond motifs is 2. The van der Waals surface area contributed by atoms with Gasteiger partial charge in [0.25, 0.3) is 0 Å².